The van der Waals surface area contributed by atoms with Crippen LogP contribution in [-0.2, 0) is 6.42 Å². The van der Waals surface area contributed by atoms with E-state index in [0.717, 1.165) is 24.1 Å². The van der Waals surface area contributed by atoms with E-state index in [2.05, 4.69) is 5.10 Å². The van der Waals surface area contributed by atoms with E-state index in [9.17, 15) is 4.39 Å². The minimum absolute atomic E-state index is 0.277. The third kappa shape index (κ3) is 2.65. The van der Waals surface area contributed by atoms with E-state index in [4.69, 9.17) is 17.3 Å². The Labute approximate surface area is 104 Å². The highest BCUT2D eigenvalue weighted by Gasteiger charge is 2.09. The van der Waals surface area contributed by atoms with Crippen molar-refractivity contribution < 1.29 is 4.39 Å². The molecule has 17 heavy (non-hydrogen) atoms. The van der Waals surface area contributed by atoms with E-state index in [0.29, 0.717) is 11.7 Å². The molecule has 5 heteroatoms. The Kier molecular flexibility index (Phi) is 3.76. The Bertz CT molecular complexity index is 493. The van der Waals surface area contributed by atoms with Gasteiger partial charge in [0.1, 0.15) is 11.0 Å². The van der Waals surface area contributed by atoms with Crippen LogP contribution in [0.25, 0.3) is 5.69 Å². The second-order valence-electron chi connectivity index (χ2n) is 3.74. The van der Waals surface area contributed by atoms with E-state index in [1.807, 2.05) is 0 Å². The zero-order chi connectivity index (χ0) is 12.3. The molecule has 0 spiro atoms. The van der Waals surface area contributed by atoms with Gasteiger partial charge in [0.25, 0.3) is 0 Å². The van der Waals surface area contributed by atoms with Crippen LogP contribution < -0.4 is 5.73 Å². The average molecular weight is 254 g/mol. The molecule has 0 atom stereocenters. The highest BCUT2D eigenvalue weighted by atomic mass is 35.5. The van der Waals surface area contributed by atoms with E-state index in [-0.39, 0.29) is 5.82 Å². The summed E-state index contributed by atoms with van der Waals surface area (Å²) in [5.41, 5.74) is 7.15. The van der Waals surface area contributed by atoms with Gasteiger partial charge in [0, 0.05) is 5.56 Å². The lowest BCUT2D eigenvalue weighted by Crippen LogP contribution is -2.00. The standard InChI is InChI=1S/C12H13ClFN3/c13-12-9(2-1-7-15)8-16-17(12)11-5-3-10(14)4-6-11/h3-6,8H,1-2,7,15H2. The van der Waals surface area contributed by atoms with E-state index in [1.165, 1.54) is 12.1 Å². The third-order valence-corrected chi connectivity index (χ3v) is 2.90. The van der Waals surface area contributed by atoms with Crippen molar-refractivity contribution in [3.05, 3.63) is 47.0 Å². The first-order valence-corrected chi connectivity index (χ1v) is 5.78. The summed E-state index contributed by atoms with van der Waals surface area (Å²) in [6.45, 7) is 0.623. The van der Waals surface area contributed by atoms with Crippen molar-refractivity contribution in [2.24, 2.45) is 5.73 Å². The zero-order valence-corrected chi connectivity index (χ0v) is 9.99. The normalized spacial score (nSPS) is 10.8. The molecule has 1 aromatic heterocycles. The molecule has 0 aliphatic heterocycles. The molecule has 0 bridgehead atoms. The Morgan fingerprint density at radius 2 is 2.00 bits per heavy atom. The number of nitrogens with zero attached hydrogens (tertiary/aromatic N) is 2. The van der Waals surface area contributed by atoms with Gasteiger partial charge in [-0.2, -0.15) is 5.10 Å². The van der Waals surface area contributed by atoms with Crippen LogP contribution in [-0.4, -0.2) is 16.3 Å². The molecule has 0 unspecified atom stereocenters. The smallest absolute Gasteiger partial charge is 0.136 e. The molecular formula is C12H13ClFN3. The number of aryl methyl sites for hydroxylation is 1. The molecule has 0 amide bonds. The molecule has 0 fully saturated rings. The third-order valence-electron chi connectivity index (χ3n) is 2.50. The van der Waals surface area contributed by atoms with E-state index < -0.39 is 0 Å². The predicted molar refractivity (Wildman–Crippen MR) is 65.9 cm³/mol. The first-order chi connectivity index (χ1) is 8.22. The first-order valence-electron chi connectivity index (χ1n) is 5.41. The second-order valence-corrected chi connectivity index (χ2v) is 4.10. The maximum Gasteiger partial charge on any atom is 0.136 e. The van der Waals surface area contributed by atoms with Crippen LogP contribution in [0.3, 0.4) is 0 Å². The summed E-state index contributed by atoms with van der Waals surface area (Å²) in [5.74, 6) is -0.277. The molecule has 90 valence electrons. The van der Waals surface area contributed by atoms with Crippen LogP contribution in [0, 0.1) is 5.82 Å². The Morgan fingerprint density at radius 3 is 2.65 bits per heavy atom. The quantitative estimate of drug-likeness (QED) is 0.910. The SMILES string of the molecule is NCCCc1cnn(-c2ccc(F)cc2)c1Cl. The van der Waals surface area contributed by atoms with E-state index in [1.54, 1.807) is 23.0 Å². The van der Waals surface area contributed by atoms with Crippen molar-refractivity contribution >= 4 is 11.6 Å². The number of benzene rings is 1. The van der Waals surface area contributed by atoms with Crippen molar-refractivity contribution in [1.82, 2.24) is 9.78 Å². The Balaban J connectivity index is 2.27. The second kappa shape index (κ2) is 5.29. The topological polar surface area (TPSA) is 43.8 Å². The summed E-state index contributed by atoms with van der Waals surface area (Å²) >= 11 is 6.20. The molecule has 3 nitrogen and oxygen atoms in total. The van der Waals surface area contributed by atoms with Crippen LogP contribution in [0.1, 0.15) is 12.0 Å². The summed E-state index contributed by atoms with van der Waals surface area (Å²) in [6.07, 6.45) is 3.40. The van der Waals surface area contributed by atoms with Crippen LogP contribution >= 0.6 is 11.6 Å². The fraction of sp³-hybridized carbons (Fsp3) is 0.250. The number of aromatic nitrogens is 2. The molecule has 2 rings (SSSR count). The maximum absolute atomic E-state index is 12.8. The Morgan fingerprint density at radius 1 is 1.29 bits per heavy atom. The predicted octanol–water partition coefficient (Wildman–Crippen LogP) is 2.56. The fourth-order valence-electron chi connectivity index (χ4n) is 1.59. The molecule has 1 aromatic carbocycles. The lowest BCUT2D eigenvalue weighted by Gasteiger charge is -2.03. The number of hydrogen-bond donors (Lipinski definition) is 1. The molecule has 1 heterocycles. The van der Waals surface area contributed by atoms with Gasteiger partial charge in [-0.15, -0.1) is 0 Å². The van der Waals surface area contributed by atoms with Crippen LogP contribution in [0.15, 0.2) is 30.5 Å². The van der Waals surface area contributed by atoms with Gasteiger partial charge in [0.05, 0.1) is 11.9 Å². The van der Waals surface area contributed by atoms with Crippen LogP contribution in [0.4, 0.5) is 4.39 Å². The number of hydrogen-bond acceptors (Lipinski definition) is 2. The first kappa shape index (κ1) is 12.1. The lowest BCUT2D eigenvalue weighted by molar-refractivity contribution is 0.627. The van der Waals surface area contributed by atoms with E-state index >= 15 is 0 Å². The zero-order valence-electron chi connectivity index (χ0n) is 9.24. The van der Waals surface area contributed by atoms with Gasteiger partial charge in [0.2, 0.25) is 0 Å². The van der Waals surface area contributed by atoms with Crippen LogP contribution in [0.5, 0.6) is 0 Å². The molecule has 0 saturated carbocycles. The lowest BCUT2D eigenvalue weighted by atomic mass is 10.2. The number of rotatable bonds is 4. The molecule has 2 N–H and O–H groups in total. The largest absolute Gasteiger partial charge is 0.330 e. The van der Waals surface area contributed by atoms with Crippen molar-refractivity contribution in [1.29, 1.82) is 0 Å². The number of nitrogens with two attached hydrogens (primary N) is 1. The van der Waals surface area contributed by atoms with Crippen molar-refractivity contribution in [2.45, 2.75) is 12.8 Å². The average Bonchev–Trinajstić information content (AvgIpc) is 2.69. The highest BCUT2D eigenvalue weighted by Crippen LogP contribution is 2.21. The fourth-order valence-corrected chi connectivity index (χ4v) is 1.87. The highest BCUT2D eigenvalue weighted by molar-refractivity contribution is 6.30. The van der Waals surface area contributed by atoms with Crippen molar-refractivity contribution in [2.75, 3.05) is 6.54 Å². The summed E-state index contributed by atoms with van der Waals surface area (Å²) in [7, 11) is 0. The summed E-state index contributed by atoms with van der Waals surface area (Å²) in [5, 5.41) is 4.75. The molecule has 2 aromatic rings. The van der Waals surface area contributed by atoms with Gasteiger partial charge in [-0.25, -0.2) is 9.07 Å². The maximum atomic E-state index is 12.8. The molecule has 0 aliphatic carbocycles. The number of halogens is 2. The van der Waals surface area contributed by atoms with Gasteiger partial charge in [-0.1, -0.05) is 11.6 Å². The monoisotopic (exact) mass is 253 g/mol. The summed E-state index contributed by atoms with van der Waals surface area (Å²) in [4.78, 5) is 0. The van der Waals surface area contributed by atoms with Gasteiger partial charge in [0.15, 0.2) is 0 Å². The minimum Gasteiger partial charge on any atom is -0.330 e. The summed E-state index contributed by atoms with van der Waals surface area (Å²) in [6, 6.07) is 6.04. The van der Waals surface area contributed by atoms with Gasteiger partial charge >= 0.3 is 0 Å². The van der Waals surface area contributed by atoms with Gasteiger partial charge < -0.3 is 5.73 Å². The van der Waals surface area contributed by atoms with Crippen LogP contribution in [0.2, 0.25) is 5.15 Å². The molecule has 0 aliphatic rings. The molecule has 0 saturated heterocycles. The molecule has 0 radical (unpaired) electrons. The Hall–Kier alpha value is -1.39. The van der Waals surface area contributed by atoms with Crippen molar-refractivity contribution in [3.63, 3.8) is 0 Å². The van der Waals surface area contributed by atoms with Crippen molar-refractivity contribution in [3.8, 4) is 5.69 Å². The molecular weight excluding hydrogens is 241 g/mol. The minimum atomic E-state index is -0.277. The van der Waals surface area contributed by atoms with Gasteiger partial charge in [-0.05, 0) is 43.7 Å². The van der Waals surface area contributed by atoms with Gasteiger partial charge in [-0.3, -0.25) is 0 Å². The summed E-state index contributed by atoms with van der Waals surface area (Å²) < 4.78 is 14.4.